The van der Waals surface area contributed by atoms with Crippen molar-refractivity contribution < 1.29 is 9.53 Å². The minimum absolute atomic E-state index is 0.273. The molecule has 25 heavy (non-hydrogen) atoms. The number of methoxy groups -OCH3 is 1. The van der Waals surface area contributed by atoms with Crippen LogP contribution in [0, 0.1) is 6.92 Å². The van der Waals surface area contributed by atoms with E-state index in [1.54, 1.807) is 31.4 Å². The predicted molar refractivity (Wildman–Crippen MR) is 103 cm³/mol. The maximum Gasteiger partial charge on any atom is 0.279 e. The Morgan fingerprint density at radius 1 is 1.24 bits per heavy atom. The van der Waals surface area contributed by atoms with Gasteiger partial charge in [-0.3, -0.25) is 4.79 Å². The lowest BCUT2D eigenvalue weighted by Gasteiger charge is -2.08. The van der Waals surface area contributed by atoms with Crippen LogP contribution < -0.4 is 9.54 Å². The zero-order chi connectivity index (χ0) is 18.0. The molecule has 0 atom stereocenters. The van der Waals surface area contributed by atoms with Gasteiger partial charge in [-0.15, -0.1) is 0 Å². The van der Waals surface area contributed by atoms with E-state index in [1.807, 2.05) is 12.1 Å². The van der Waals surface area contributed by atoms with Gasteiger partial charge in [0, 0.05) is 17.1 Å². The third-order valence-electron chi connectivity index (χ3n) is 3.94. The van der Waals surface area contributed by atoms with Crippen molar-refractivity contribution in [3.05, 3.63) is 57.3 Å². The van der Waals surface area contributed by atoms with Crippen LogP contribution in [-0.2, 0) is 6.54 Å². The average molecular weight is 375 g/mol. The molecule has 0 bridgehead atoms. The first kappa shape index (κ1) is 17.7. The Morgan fingerprint density at radius 2 is 1.96 bits per heavy atom. The van der Waals surface area contributed by atoms with Crippen LogP contribution in [-0.4, -0.2) is 17.6 Å². The van der Waals surface area contributed by atoms with Gasteiger partial charge in [0.25, 0.3) is 5.91 Å². The smallest absolute Gasteiger partial charge is 0.279 e. The molecule has 0 saturated carbocycles. The van der Waals surface area contributed by atoms with Gasteiger partial charge in [0.05, 0.1) is 11.8 Å². The van der Waals surface area contributed by atoms with Gasteiger partial charge in [-0.05, 0) is 49.2 Å². The lowest BCUT2D eigenvalue weighted by Crippen LogP contribution is -2.17. The summed E-state index contributed by atoms with van der Waals surface area (Å²) < 4.78 is 8.69. The molecule has 130 valence electrons. The van der Waals surface area contributed by atoms with Gasteiger partial charge in [-0.1, -0.05) is 35.9 Å². The van der Waals surface area contributed by atoms with Gasteiger partial charge in [0.2, 0.25) is 0 Å². The van der Waals surface area contributed by atoms with E-state index in [0.717, 1.165) is 34.5 Å². The zero-order valence-corrected chi connectivity index (χ0v) is 15.9. The van der Waals surface area contributed by atoms with Crippen molar-refractivity contribution in [2.75, 3.05) is 7.11 Å². The molecule has 1 aromatic heterocycles. The monoisotopic (exact) mass is 374 g/mol. The van der Waals surface area contributed by atoms with E-state index in [2.05, 4.69) is 23.4 Å². The fraction of sp³-hybridized carbons (Fsp3) is 0.263. The highest BCUT2D eigenvalue weighted by molar-refractivity contribution is 7.16. The molecular weight excluding hydrogens is 356 g/mol. The van der Waals surface area contributed by atoms with Crippen LogP contribution in [0.5, 0.6) is 5.75 Å². The number of amides is 1. The molecule has 0 aliphatic heterocycles. The van der Waals surface area contributed by atoms with Crippen molar-refractivity contribution in [2.45, 2.75) is 26.8 Å². The number of carbonyl (C=O) groups is 1. The first-order valence-corrected chi connectivity index (χ1v) is 9.26. The molecule has 0 unspecified atom stereocenters. The van der Waals surface area contributed by atoms with Crippen LogP contribution in [0.15, 0.2) is 41.4 Å². The van der Waals surface area contributed by atoms with E-state index < -0.39 is 0 Å². The van der Waals surface area contributed by atoms with Crippen molar-refractivity contribution in [1.82, 2.24) is 4.57 Å². The minimum Gasteiger partial charge on any atom is -0.495 e. The number of benzene rings is 2. The summed E-state index contributed by atoms with van der Waals surface area (Å²) in [6.07, 6.45) is 0.936. The van der Waals surface area contributed by atoms with Gasteiger partial charge in [0.1, 0.15) is 11.3 Å². The summed E-state index contributed by atoms with van der Waals surface area (Å²) in [5.74, 6) is 0.524. The molecule has 6 heteroatoms. The summed E-state index contributed by atoms with van der Waals surface area (Å²) in [6.45, 7) is 4.93. The molecule has 0 radical (unpaired) electrons. The lowest BCUT2D eigenvalue weighted by molar-refractivity contribution is 0.0998. The van der Waals surface area contributed by atoms with Gasteiger partial charge in [0.15, 0.2) is 4.80 Å². The molecule has 3 aromatic rings. The van der Waals surface area contributed by atoms with E-state index in [9.17, 15) is 4.79 Å². The number of fused-ring (bicyclic) bond motifs is 1. The highest BCUT2D eigenvalue weighted by Gasteiger charge is 2.14. The molecule has 3 rings (SSSR count). The van der Waals surface area contributed by atoms with Gasteiger partial charge in [-0.25, -0.2) is 0 Å². The van der Waals surface area contributed by atoms with E-state index in [0.29, 0.717) is 15.4 Å². The molecule has 0 spiro atoms. The number of carbonyl (C=O) groups excluding carboxylic acids is 1. The first-order valence-electron chi connectivity index (χ1n) is 8.06. The number of rotatable bonds is 4. The van der Waals surface area contributed by atoms with Gasteiger partial charge < -0.3 is 9.30 Å². The van der Waals surface area contributed by atoms with Crippen LogP contribution >= 0.6 is 22.9 Å². The predicted octanol–water partition coefficient (Wildman–Crippen LogP) is 4.82. The second kappa shape index (κ2) is 7.42. The maximum atomic E-state index is 12.6. The van der Waals surface area contributed by atoms with Crippen molar-refractivity contribution >= 4 is 39.1 Å². The second-order valence-corrected chi connectivity index (χ2v) is 7.14. The van der Waals surface area contributed by atoms with E-state index in [1.165, 1.54) is 11.3 Å². The Bertz CT molecular complexity index is 987. The number of aromatic nitrogens is 1. The van der Waals surface area contributed by atoms with Crippen LogP contribution in [0.2, 0.25) is 5.02 Å². The largest absolute Gasteiger partial charge is 0.495 e. The zero-order valence-electron chi connectivity index (χ0n) is 14.4. The molecule has 0 aliphatic rings. The van der Waals surface area contributed by atoms with Crippen molar-refractivity contribution in [3.63, 3.8) is 0 Å². The fourth-order valence-electron chi connectivity index (χ4n) is 2.70. The Labute approximate surface area is 155 Å². The Hall–Kier alpha value is -2.11. The molecule has 0 saturated heterocycles. The molecule has 4 nitrogen and oxygen atoms in total. The topological polar surface area (TPSA) is 43.6 Å². The number of halogens is 1. The molecule has 1 heterocycles. The Kier molecular flexibility index (Phi) is 5.25. The van der Waals surface area contributed by atoms with Crippen molar-refractivity contribution in [3.8, 4) is 5.75 Å². The SMILES string of the molecule is CCCn1c(=NC(=O)c2ccc(Cl)cc2)sc2c(C)ccc(OC)c21. The van der Waals surface area contributed by atoms with E-state index in [4.69, 9.17) is 16.3 Å². The first-order chi connectivity index (χ1) is 12.0. The third kappa shape index (κ3) is 3.48. The van der Waals surface area contributed by atoms with Crippen molar-refractivity contribution in [1.29, 1.82) is 0 Å². The normalized spacial score (nSPS) is 11.9. The Morgan fingerprint density at radius 3 is 2.60 bits per heavy atom. The third-order valence-corrected chi connectivity index (χ3v) is 5.41. The number of nitrogens with zero attached hydrogens (tertiary/aromatic N) is 2. The molecule has 1 amide bonds. The highest BCUT2D eigenvalue weighted by Crippen LogP contribution is 2.30. The summed E-state index contributed by atoms with van der Waals surface area (Å²) in [7, 11) is 1.66. The summed E-state index contributed by atoms with van der Waals surface area (Å²) in [5.41, 5.74) is 2.66. The van der Waals surface area contributed by atoms with Gasteiger partial charge >= 0.3 is 0 Å². The van der Waals surface area contributed by atoms with Crippen LogP contribution in [0.4, 0.5) is 0 Å². The maximum absolute atomic E-state index is 12.6. The minimum atomic E-state index is -0.273. The molecule has 0 aliphatic carbocycles. The number of ether oxygens (including phenoxy) is 1. The van der Waals surface area contributed by atoms with Crippen LogP contribution in [0.1, 0.15) is 29.3 Å². The van der Waals surface area contributed by atoms with E-state index >= 15 is 0 Å². The highest BCUT2D eigenvalue weighted by atomic mass is 35.5. The van der Waals surface area contributed by atoms with Gasteiger partial charge in [-0.2, -0.15) is 4.99 Å². The lowest BCUT2D eigenvalue weighted by atomic mass is 10.2. The van der Waals surface area contributed by atoms with E-state index in [-0.39, 0.29) is 5.91 Å². The quantitative estimate of drug-likeness (QED) is 0.656. The number of thiazole rings is 1. The summed E-state index contributed by atoms with van der Waals surface area (Å²) in [6, 6.07) is 10.8. The number of hydrogen-bond acceptors (Lipinski definition) is 3. The Balaban J connectivity index is 2.21. The molecule has 0 fully saturated rings. The second-order valence-electron chi connectivity index (χ2n) is 5.72. The van der Waals surface area contributed by atoms with Crippen LogP contribution in [0.25, 0.3) is 10.2 Å². The fourth-order valence-corrected chi connectivity index (χ4v) is 3.97. The summed E-state index contributed by atoms with van der Waals surface area (Å²) in [4.78, 5) is 17.6. The van der Waals surface area contributed by atoms with Crippen molar-refractivity contribution in [2.24, 2.45) is 4.99 Å². The molecule has 0 N–H and O–H groups in total. The molecule has 2 aromatic carbocycles. The number of hydrogen-bond donors (Lipinski definition) is 0. The summed E-state index contributed by atoms with van der Waals surface area (Å²) in [5, 5.41) is 0.597. The average Bonchev–Trinajstić information content (AvgIpc) is 2.96. The molecular formula is C19H19ClN2O2S. The standard InChI is InChI=1S/C19H19ClN2O2S/c1-4-11-22-16-15(24-3)10-5-12(2)17(16)25-19(22)21-18(23)13-6-8-14(20)9-7-13/h5-10H,4,11H2,1-3H3. The van der Waals surface area contributed by atoms with Crippen LogP contribution in [0.3, 0.4) is 0 Å². The number of aryl methyl sites for hydroxylation is 2. The summed E-state index contributed by atoms with van der Waals surface area (Å²) >= 11 is 7.40.